The zero-order valence-corrected chi connectivity index (χ0v) is 36.9. The standard InChI is InChI=1S/C42H73N13O9/c1-25(57)35(47)42(64)54-33(22-26-23-49-28-13-3-2-12-27(26)28)40(62)55-34(24-56)41(63)53-32(17-7-11-21-46)39(61)52-31(16-6-10-20-45)38(60)51-30(15-5-9-19-44)37(59)50-29(36(48)58)14-4-8-18-43/h2-3,12-13,23,25,29-35,49,56-57H,4-11,14-22,24,43-47H2,1H3,(H2,48,58)(H,50,59)(H,51,60)(H,52,61)(H,53,63)(H,54,64)(H,55,62)/t25-,29+,30+,31+,32+,33+,34+,35+/m1/s1. The molecule has 21 N–H and O–H groups in total. The number of aliphatic hydroxyl groups excluding tert-OH is 2. The third-order valence-corrected chi connectivity index (χ3v) is 10.7. The van der Waals surface area contributed by atoms with Gasteiger partial charge < -0.3 is 81.5 Å². The Hall–Kier alpha value is -5.23. The summed E-state index contributed by atoms with van der Waals surface area (Å²) in [4.78, 5) is 97.3. The van der Waals surface area contributed by atoms with Crippen LogP contribution in [0.3, 0.4) is 0 Å². The van der Waals surface area contributed by atoms with Crippen LogP contribution in [0.1, 0.15) is 89.5 Å². The van der Waals surface area contributed by atoms with Gasteiger partial charge in [-0.3, -0.25) is 33.6 Å². The van der Waals surface area contributed by atoms with Crippen molar-refractivity contribution in [1.29, 1.82) is 0 Å². The van der Waals surface area contributed by atoms with Crippen molar-refractivity contribution in [2.75, 3.05) is 32.8 Å². The quantitative estimate of drug-likeness (QED) is 0.0307. The maximum absolute atomic E-state index is 14.0. The molecule has 22 heteroatoms. The van der Waals surface area contributed by atoms with Gasteiger partial charge in [0.2, 0.25) is 41.4 Å². The highest BCUT2D eigenvalue weighted by Crippen LogP contribution is 2.19. The molecule has 1 heterocycles. The van der Waals surface area contributed by atoms with E-state index < -0.39 is 96.4 Å². The summed E-state index contributed by atoms with van der Waals surface area (Å²) in [6.45, 7) is 1.72. The van der Waals surface area contributed by atoms with Crippen LogP contribution in [-0.4, -0.2) is 138 Å². The van der Waals surface area contributed by atoms with E-state index in [2.05, 4.69) is 36.9 Å². The van der Waals surface area contributed by atoms with Crippen LogP contribution in [0.2, 0.25) is 0 Å². The summed E-state index contributed by atoms with van der Waals surface area (Å²) in [5.74, 6) is -5.51. The summed E-state index contributed by atoms with van der Waals surface area (Å²) in [5, 5.41) is 36.7. The normalized spacial score (nSPS) is 15.1. The van der Waals surface area contributed by atoms with Crippen LogP contribution in [-0.2, 0) is 40.0 Å². The number of para-hydroxylation sites is 1. The first kappa shape index (κ1) is 54.9. The Morgan fingerprint density at radius 1 is 0.562 bits per heavy atom. The molecule has 0 saturated carbocycles. The van der Waals surface area contributed by atoms with Gasteiger partial charge in [-0.1, -0.05) is 18.2 Å². The van der Waals surface area contributed by atoms with Gasteiger partial charge in [-0.25, -0.2) is 0 Å². The number of nitrogens with two attached hydrogens (primary N) is 6. The second-order valence-electron chi connectivity index (χ2n) is 15.9. The Morgan fingerprint density at radius 2 is 0.938 bits per heavy atom. The number of rotatable bonds is 33. The van der Waals surface area contributed by atoms with E-state index in [1.807, 2.05) is 18.2 Å². The number of carbonyl (C=O) groups excluding carboxylic acids is 7. The molecule has 0 spiro atoms. The second-order valence-corrected chi connectivity index (χ2v) is 15.9. The van der Waals surface area contributed by atoms with Gasteiger partial charge in [0.25, 0.3) is 0 Å². The molecule has 2 aromatic rings. The minimum atomic E-state index is -1.61. The van der Waals surface area contributed by atoms with Gasteiger partial charge in [-0.05, 0) is 122 Å². The lowest BCUT2D eigenvalue weighted by atomic mass is 10.0. The summed E-state index contributed by atoms with van der Waals surface area (Å²) in [6, 6.07) is -1.66. The third-order valence-electron chi connectivity index (χ3n) is 10.7. The van der Waals surface area contributed by atoms with E-state index in [-0.39, 0.29) is 38.6 Å². The zero-order chi connectivity index (χ0) is 47.6. The molecule has 360 valence electrons. The van der Waals surface area contributed by atoms with Crippen molar-refractivity contribution in [3.05, 3.63) is 36.0 Å². The molecule has 0 aliphatic carbocycles. The molecule has 0 aliphatic heterocycles. The predicted octanol–water partition coefficient (Wildman–Crippen LogP) is -3.68. The largest absolute Gasteiger partial charge is 0.394 e. The van der Waals surface area contributed by atoms with Crippen LogP contribution in [0.25, 0.3) is 10.9 Å². The highest BCUT2D eigenvalue weighted by Gasteiger charge is 2.34. The van der Waals surface area contributed by atoms with E-state index in [1.54, 1.807) is 12.3 Å². The molecule has 0 bridgehead atoms. The van der Waals surface area contributed by atoms with Crippen molar-refractivity contribution in [3.8, 4) is 0 Å². The van der Waals surface area contributed by atoms with Crippen molar-refractivity contribution in [2.24, 2.45) is 34.4 Å². The summed E-state index contributed by atoms with van der Waals surface area (Å²) in [7, 11) is 0. The lowest BCUT2D eigenvalue weighted by molar-refractivity contribution is -0.136. The number of carbonyl (C=O) groups is 7. The molecule has 64 heavy (non-hydrogen) atoms. The van der Waals surface area contributed by atoms with E-state index in [0.717, 1.165) is 10.9 Å². The van der Waals surface area contributed by atoms with Crippen molar-refractivity contribution < 1.29 is 43.8 Å². The molecular formula is C42H73N13O9. The number of benzene rings is 1. The number of hydrogen-bond donors (Lipinski definition) is 15. The van der Waals surface area contributed by atoms with Gasteiger partial charge in [0, 0.05) is 23.5 Å². The number of nitrogens with one attached hydrogen (secondary N) is 7. The van der Waals surface area contributed by atoms with Crippen LogP contribution < -0.4 is 66.3 Å². The van der Waals surface area contributed by atoms with Crippen LogP contribution >= 0.6 is 0 Å². The highest BCUT2D eigenvalue weighted by atomic mass is 16.3. The highest BCUT2D eigenvalue weighted by molar-refractivity contribution is 5.97. The van der Waals surface area contributed by atoms with Gasteiger partial charge in [-0.2, -0.15) is 0 Å². The fourth-order valence-electron chi connectivity index (χ4n) is 6.84. The summed E-state index contributed by atoms with van der Waals surface area (Å²) < 4.78 is 0. The number of primary amides is 1. The number of aromatic nitrogens is 1. The smallest absolute Gasteiger partial charge is 0.245 e. The molecule has 0 radical (unpaired) electrons. The van der Waals surface area contributed by atoms with E-state index in [1.165, 1.54) is 6.92 Å². The number of aromatic amines is 1. The molecule has 2 rings (SSSR count). The van der Waals surface area contributed by atoms with E-state index >= 15 is 0 Å². The van der Waals surface area contributed by atoms with Crippen LogP contribution in [0.4, 0.5) is 0 Å². The first-order valence-corrected chi connectivity index (χ1v) is 22.1. The Morgan fingerprint density at radius 3 is 1.36 bits per heavy atom. The fraction of sp³-hybridized carbons (Fsp3) is 0.643. The summed E-state index contributed by atoms with van der Waals surface area (Å²) in [5.41, 5.74) is 35.5. The van der Waals surface area contributed by atoms with E-state index in [9.17, 15) is 43.8 Å². The molecule has 0 saturated heterocycles. The third kappa shape index (κ3) is 18.9. The van der Waals surface area contributed by atoms with Crippen molar-refractivity contribution >= 4 is 52.3 Å². The number of unbranched alkanes of at least 4 members (excludes halogenated alkanes) is 4. The number of hydrogen-bond acceptors (Lipinski definition) is 14. The summed E-state index contributed by atoms with van der Waals surface area (Å²) in [6.07, 6.45) is 4.81. The van der Waals surface area contributed by atoms with Gasteiger partial charge in [-0.15, -0.1) is 0 Å². The van der Waals surface area contributed by atoms with E-state index in [0.29, 0.717) is 76.6 Å². The average molecular weight is 904 g/mol. The van der Waals surface area contributed by atoms with Crippen molar-refractivity contribution in [3.63, 3.8) is 0 Å². The fourth-order valence-corrected chi connectivity index (χ4v) is 6.84. The van der Waals surface area contributed by atoms with Crippen LogP contribution in [0, 0.1) is 0 Å². The molecule has 1 aromatic carbocycles. The van der Waals surface area contributed by atoms with Crippen molar-refractivity contribution in [2.45, 2.75) is 139 Å². The monoisotopic (exact) mass is 904 g/mol. The van der Waals surface area contributed by atoms with Gasteiger partial charge >= 0.3 is 0 Å². The molecule has 8 atom stereocenters. The van der Waals surface area contributed by atoms with Gasteiger partial charge in [0.15, 0.2) is 0 Å². The van der Waals surface area contributed by atoms with Gasteiger partial charge in [0.05, 0.1) is 12.7 Å². The Bertz CT molecular complexity index is 1780. The molecule has 0 unspecified atom stereocenters. The van der Waals surface area contributed by atoms with Gasteiger partial charge in [0.1, 0.15) is 42.3 Å². The number of aliphatic hydroxyl groups is 2. The Balaban J connectivity index is 2.34. The molecule has 0 aliphatic rings. The lowest BCUT2D eigenvalue weighted by Gasteiger charge is -2.27. The van der Waals surface area contributed by atoms with Crippen LogP contribution in [0.5, 0.6) is 0 Å². The first-order chi connectivity index (χ1) is 30.6. The molecule has 22 nitrogen and oxygen atoms in total. The predicted molar refractivity (Wildman–Crippen MR) is 241 cm³/mol. The lowest BCUT2D eigenvalue weighted by Crippen LogP contribution is -2.61. The average Bonchev–Trinajstić information content (AvgIpc) is 3.68. The minimum Gasteiger partial charge on any atom is -0.394 e. The molecule has 0 fully saturated rings. The Labute approximate surface area is 374 Å². The number of H-pyrrole nitrogens is 1. The summed E-state index contributed by atoms with van der Waals surface area (Å²) >= 11 is 0. The second kappa shape index (κ2) is 30.0. The van der Waals surface area contributed by atoms with Crippen LogP contribution in [0.15, 0.2) is 30.5 Å². The molecule has 1 aromatic heterocycles. The minimum absolute atomic E-state index is 0.0528. The molecular weight excluding hydrogens is 831 g/mol. The topological polar surface area (TPSA) is 404 Å². The number of fused-ring (bicyclic) bond motifs is 1. The zero-order valence-electron chi connectivity index (χ0n) is 36.9. The molecule has 7 amide bonds. The first-order valence-electron chi connectivity index (χ1n) is 22.1. The SMILES string of the molecule is C[C@@H](O)[C@H](N)C(=O)N[C@@H](Cc1c[nH]c2ccccc12)C(=O)N[C@@H](CO)C(=O)N[C@@H](CCCCN)C(=O)N[C@@H](CCCCN)C(=O)N[C@@H](CCCCN)C(=O)N[C@@H](CCCCN)C(N)=O. The number of amides is 7. The van der Waals surface area contributed by atoms with Crippen molar-refractivity contribution in [1.82, 2.24) is 36.9 Å². The maximum Gasteiger partial charge on any atom is 0.245 e. The maximum atomic E-state index is 14.0. The van der Waals surface area contributed by atoms with E-state index in [4.69, 9.17) is 34.4 Å². The Kier molecular flexibility index (Phi) is 25.7.